The molecule has 0 fully saturated rings. The summed E-state index contributed by atoms with van der Waals surface area (Å²) in [6, 6.07) is 5.84. The molecule has 0 bridgehead atoms. The third-order valence-electron chi connectivity index (χ3n) is 2.36. The number of fused-ring (bicyclic) bond motifs is 1. The maximum Gasteiger partial charge on any atom is 0.308 e. The van der Waals surface area contributed by atoms with Crippen molar-refractivity contribution in [3.63, 3.8) is 0 Å². The third-order valence-corrected chi connectivity index (χ3v) is 2.85. The van der Waals surface area contributed by atoms with Crippen LogP contribution in [-0.4, -0.2) is 17.4 Å². The van der Waals surface area contributed by atoms with Gasteiger partial charge in [-0.3, -0.25) is 4.79 Å². The fourth-order valence-electron chi connectivity index (χ4n) is 1.54. The molecule has 0 aromatic heterocycles. The summed E-state index contributed by atoms with van der Waals surface area (Å²) in [5.41, 5.74) is 2.07. The van der Waals surface area contributed by atoms with Gasteiger partial charge in [-0.15, -0.1) is 0 Å². The SMILES string of the molecule is O=C(O)CC1OCc2ccc(Br)cc2CO1. The highest BCUT2D eigenvalue weighted by molar-refractivity contribution is 9.10. The molecule has 0 saturated heterocycles. The second kappa shape index (κ2) is 4.95. The number of carboxylic acid groups (broad SMARTS) is 1. The summed E-state index contributed by atoms with van der Waals surface area (Å²) in [5, 5.41) is 8.65. The Morgan fingerprint density at radius 3 is 2.75 bits per heavy atom. The molecule has 1 aromatic carbocycles. The minimum absolute atomic E-state index is 0.130. The van der Waals surface area contributed by atoms with Gasteiger partial charge in [-0.1, -0.05) is 22.0 Å². The van der Waals surface area contributed by atoms with Gasteiger partial charge < -0.3 is 14.6 Å². The first-order valence-electron chi connectivity index (χ1n) is 4.87. The number of halogens is 1. The van der Waals surface area contributed by atoms with E-state index in [-0.39, 0.29) is 6.42 Å². The highest BCUT2D eigenvalue weighted by Crippen LogP contribution is 2.23. The van der Waals surface area contributed by atoms with Crippen LogP contribution in [0.4, 0.5) is 0 Å². The van der Waals surface area contributed by atoms with E-state index >= 15 is 0 Å². The second-order valence-corrected chi connectivity index (χ2v) is 4.48. The van der Waals surface area contributed by atoms with E-state index in [0.29, 0.717) is 13.2 Å². The van der Waals surface area contributed by atoms with Crippen molar-refractivity contribution in [2.75, 3.05) is 0 Å². The molecule has 1 aliphatic rings. The Morgan fingerprint density at radius 1 is 1.38 bits per heavy atom. The highest BCUT2D eigenvalue weighted by atomic mass is 79.9. The standard InChI is InChI=1S/C11H11BrO4/c12-9-2-1-7-5-15-11(4-10(13)14)16-6-8(7)3-9/h1-3,11H,4-6H2,(H,13,14). The molecule has 1 heterocycles. The van der Waals surface area contributed by atoms with Crippen LogP contribution in [0, 0.1) is 0 Å². The molecule has 5 heteroatoms. The molecular formula is C11H11BrO4. The van der Waals surface area contributed by atoms with E-state index < -0.39 is 12.3 Å². The summed E-state index contributed by atoms with van der Waals surface area (Å²) in [4.78, 5) is 10.5. The van der Waals surface area contributed by atoms with E-state index in [1.165, 1.54) is 0 Å². The van der Waals surface area contributed by atoms with E-state index in [1.807, 2.05) is 18.2 Å². The normalized spacial score (nSPS) is 19.9. The van der Waals surface area contributed by atoms with Gasteiger partial charge in [-0.2, -0.15) is 0 Å². The van der Waals surface area contributed by atoms with E-state index in [1.54, 1.807) is 0 Å². The van der Waals surface area contributed by atoms with Crippen molar-refractivity contribution in [3.8, 4) is 0 Å². The molecular weight excluding hydrogens is 276 g/mol. The Morgan fingerprint density at radius 2 is 2.06 bits per heavy atom. The van der Waals surface area contributed by atoms with Gasteiger partial charge in [0.05, 0.1) is 19.6 Å². The van der Waals surface area contributed by atoms with E-state index in [4.69, 9.17) is 14.6 Å². The summed E-state index contributed by atoms with van der Waals surface area (Å²) in [6.07, 6.45) is -0.793. The molecule has 1 aromatic rings. The molecule has 0 spiro atoms. The van der Waals surface area contributed by atoms with Crippen molar-refractivity contribution in [2.24, 2.45) is 0 Å². The Labute approximate surface area is 101 Å². The molecule has 1 aliphatic heterocycles. The largest absolute Gasteiger partial charge is 0.481 e. The number of carboxylic acids is 1. The van der Waals surface area contributed by atoms with Crippen LogP contribution in [0.3, 0.4) is 0 Å². The van der Waals surface area contributed by atoms with E-state index in [0.717, 1.165) is 15.6 Å². The zero-order valence-corrected chi connectivity index (χ0v) is 10.1. The van der Waals surface area contributed by atoms with Gasteiger partial charge in [-0.25, -0.2) is 0 Å². The van der Waals surface area contributed by atoms with Crippen molar-refractivity contribution < 1.29 is 19.4 Å². The van der Waals surface area contributed by atoms with Gasteiger partial charge in [-0.05, 0) is 23.3 Å². The van der Waals surface area contributed by atoms with Crippen LogP contribution in [0.2, 0.25) is 0 Å². The fourth-order valence-corrected chi connectivity index (χ4v) is 1.95. The average molecular weight is 287 g/mol. The van der Waals surface area contributed by atoms with Crippen LogP contribution >= 0.6 is 15.9 Å². The molecule has 2 rings (SSSR count). The molecule has 1 atom stereocenters. The molecule has 4 nitrogen and oxygen atoms in total. The molecule has 1 unspecified atom stereocenters. The summed E-state index contributed by atoms with van der Waals surface area (Å²) in [7, 11) is 0. The first-order chi connectivity index (χ1) is 7.65. The Kier molecular flexibility index (Phi) is 3.58. The van der Waals surface area contributed by atoms with Gasteiger partial charge in [0, 0.05) is 4.47 Å². The lowest BCUT2D eigenvalue weighted by Crippen LogP contribution is -2.18. The number of ether oxygens (including phenoxy) is 2. The first kappa shape index (κ1) is 11.6. The van der Waals surface area contributed by atoms with Crippen molar-refractivity contribution in [1.29, 1.82) is 0 Å². The minimum Gasteiger partial charge on any atom is -0.481 e. The number of carbonyl (C=O) groups is 1. The fraction of sp³-hybridized carbons (Fsp3) is 0.364. The van der Waals surface area contributed by atoms with Crippen LogP contribution in [0.1, 0.15) is 17.5 Å². The summed E-state index contributed by atoms with van der Waals surface area (Å²) in [5.74, 6) is -0.919. The quantitative estimate of drug-likeness (QED) is 0.906. The van der Waals surface area contributed by atoms with Crippen molar-refractivity contribution in [2.45, 2.75) is 25.9 Å². The van der Waals surface area contributed by atoms with Gasteiger partial charge in [0.15, 0.2) is 6.29 Å². The summed E-state index contributed by atoms with van der Waals surface area (Å²) < 4.78 is 11.7. The second-order valence-electron chi connectivity index (χ2n) is 3.56. The van der Waals surface area contributed by atoms with Gasteiger partial charge in [0.2, 0.25) is 0 Å². The van der Waals surface area contributed by atoms with Crippen LogP contribution < -0.4 is 0 Å². The Bertz CT molecular complexity index is 405. The van der Waals surface area contributed by atoms with Crippen molar-refractivity contribution >= 4 is 21.9 Å². The lowest BCUT2D eigenvalue weighted by molar-refractivity contribution is -0.170. The molecule has 1 N–H and O–H groups in total. The average Bonchev–Trinajstić information content (AvgIpc) is 2.40. The number of hydrogen-bond donors (Lipinski definition) is 1. The van der Waals surface area contributed by atoms with Crippen LogP contribution in [0.15, 0.2) is 22.7 Å². The lowest BCUT2D eigenvalue weighted by atomic mass is 10.1. The predicted molar refractivity (Wildman–Crippen MR) is 59.8 cm³/mol. The third kappa shape index (κ3) is 2.81. The molecule has 16 heavy (non-hydrogen) atoms. The summed E-state index contributed by atoms with van der Waals surface area (Å²) in [6.45, 7) is 0.771. The number of aliphatic carboxylic acids is 1. The van der Waals surface area contributed by atoms with Crippen LogP contribution in [0.25, 0.3) is 0 Å². The van der Waals surface area contributed by atoms with Gasteiger partial charge in [0.1, 0.15) is 0 Å². The van der Waals surface area contributed by atoms with Gasteiger partial charge >= 0.3 is 5.97 Å². The predicted octanol–water partition coefficient (Wildman–Crippen LogP) is 2.30. The van der Waals surface area contributed by atoms with Gasteiger partial charge in [0.25, 0.3) is 0 Å². The monoisotopic (exact) mass is 286 g/mol. The van der Waals surface area contributed by atoms with Crippen molar-refractivity contribution in [3.05, 3.63) is 33.8 Å². The molecule has 0 radical (unpaired) electrons. The number of benzene rings is 1. The molecule has 0 saturated carbocycles. The number of rotatable bonds is 2. The zero-order valence-electron chi connectivity index (χ0n) is 8.48. The molecule has 0 aliphatic carbocycles. The van der Waals surface area contributed by atoms with E-state index in [9.17, 15) is 4.79 Å². The lowest BCUT2D eigenvalue weighted by Gasteiger charge is -2.12. The first-order valence-corrected chi connectivity index (χ1v) is 5.67. The smallest absolute Gasteiger partial charge is 0.308 e. The Hall–Kier alpha value is -0.910. The minimum atomic E-state index is -0.919. The number of hydrogen-bond acceptors (Lipinski definition) is 3. The Balaban J connectivity index is 2.09. The van der Waals surface area contributed by atoms with Crippen LogP contribution in [0.5, 0.6) is 0 Å². The van der Waals surface area contributed by atoms with Crippen molar-refractivity contribution in [1.82, 2.24) is 0 Å². The maximum absolute atomic E-state index is 10.5. The zero-order chi connectivity index (χ0) is 11.5. The highest BCUT2D eigenvalue weighted by Gasteiger charge is 2.19. The topological polar surface area (TPSA) is 55.8 Å². The maximum atomic E-state index is 10.5. The molecule has 0 amide bonds. The van der Waals surface area contributed by atoms with E-state index in [2.05, 4.69) is 15.9 Å². The molecule has 86 valence electrons. The summed E-state index contributed by atoms with van der Waals surface area (Å²) >= 11 is 3.38. The van der Waals surface area contributed by atoms with Crippen LogP contribution in [-0.2, 0) is 27.5 Å².